The van der Waals surface area contributed by atoms with Gasteiger partial charge in [0.15, 0.2) is 17.5 Å². The van der Waals surface area contributed by atoms with Crippen LogP contribution in [0.25, 0.3) is 0 Å². The van der Waals surface area contributed by atoms with Crippen molar-refractivity contribution in [1.82, 2.24) is 9.97 Å². The maximum atomic E-state index is 12.0. The number of amides is 1. The van der Waals surface area contributed by atoms with Crippen LogP contribution in [-0.2, 0) is 20.7 Å². The zero-order chi connectivity index (χ0) is 20.7. The lowest BCUT2D eigenvalue weighted by molar-refractivity contribution is -0.147. The van der Waals surface area contributed by atoms with Gasteiger partial charge in [-0.2, -0.15) is 0 Å². The van der Waals surface area contributed by atoms with Crippen LogP contribution in [0.15, 0.2) is 29.4 Å². The highest BCUT2D eigenvalue weighted by atomic mass is 32.2. The standard InChI is InChI=1S/C20H23N3O4S/c1-12-17(13(2)22-20(21-12)28-4)9-10-19(26)27-11-18(25)23-16-7-5-15(6-8-16)14(3)24/h5-8H,9-11H2,1-4H3,(H,23,25). The Morgan fingerprint density at radius 2 is 1.68 bits per heavy atom. The number of nitrogens with zero attached hydrogens (tertiary/aromatic N) is 2. The summed E-state index contributed by atoms with van der Waals surface area (Å²) in [6.45, 7) is 4.88. The van der Waals surface area contributed by atoms with Gasteiger partial charge in [-0.1, -0.05) is 11.8 Å². The molecule has 2 rings (SSSR count). The largest absolute Gasteiger partial charge is 0.456 e. The number of Topliss-reactive ketones (excluding diaryl/α,β-unsaturated/α-hetero) is 1. The van der Waals surface area contributed by atoms with Crippen molar-refractivity contribution in [3.05, 3.63) is 46.8 Å². The van der Waals surface area contributed by atoms with E-state index in [0.717, 1.165) is 17.0 Å². The molecule has 1 aromatic heterocycles. The normalized spacial score (nSPS) is 10.4. The van der Waals surface area contributed by atoms with Gasteiger partial charge >= 0.3 is 5.97 Å². The Kier molecular flexibility index (Phi) is 7.69. The second-order valence-corrected chi connectivity index (χ2v) is 6.98. The molecule has 1 N–H and O–H groups in total. The molecule has 0 aliphatic rings. The summed E-state index contributed by atoms with van der Waals surface area (Å²) in [6.07, 6.45) is 2.51. The van der Waals surface area contributed by atoms with Gasteiger partial charge in [-0.05, 0) is 63.3 Å². The summed E-state index contributed by atoms with van der Waals surface area (Å²) < 4.78 is 5.03. The van der Waals surface area contributed by atoms with E-state index < -0.39 is 11.9 Å². The zero-order valence-electron chi connectivity index (χ0n) is 16.4. The van der Waals surface area contributed by atoms with Crippen LogP contribution in [0.1, 0.15) is 40.7 Å². The smallest absolute Gasteiger partial charge is 0.306 e. The molecule has 0 unspecified atom stereocenters. The molecule has 2 aromatic rings. The Hall–Kier alpha value is -2.74. The number of carbonyl (C=O) groups is 3. The van der Waals surface area contributed by atoms with Gasteiger partial charge in [-0.3, -0.25) is 14.4 Å². The molecule has 0 atom stereocenters. The number of anilines is 1. The number of nitrogens with one attached hydrogen (secondary N) is 1. The molecular formula is C20H23N3O4S. The monoisotopic (exact) mass is 401 g/mol. The lowest BCUT2D eigenvalue weighted by atomic mass is 10.1. The Morgan fingerprint density at radius 3 is 2.21 bits per heavy atom. The number of aromatic nitrogens is 2. The molecule has 0 radical (unpaired) electrons. The summed E-state index contributed by atoms with van der Waals surface area (Å²) in [7, 11) is 0. The summed E-state index contributed by atoms with van der Waals surface area (Å²) in [5.74, 6) is -0.954. The predicted molar refractivity (Wildman–Crippen MR) is 108 cm³/mol. The quantitative estimate of drug-likeness (QED) is 0.314. The number of hydrogen-bond donors (Lipinski definition) is 1. The molecule has 1 heterocycles. The summed E-state index contributed by atoms with van der Waals surface area (Å²) in [6, 6.07) is 6.50. The van der Waals surface area contributed by atoms with E-state index in [0.29, 0.717) is 22.8 Å². The molecule has 0 saturated heterocycles. The van der Waals surface area contributed by atoms with Crippen LogP contribution in [0, 0.1) is 13.8 Å². The fraction of sp³-hybridized carbons (Fsp3) is 0.350. The Morgan fingerprint density at radius 1 is 1.07 bits per heavy atom. The molecule has 0 saturated carbocycles. The highest BCUT2D eigenvalue weighted by Crippen LogP contribution is 2.17. The molecule has 0 spiro atoms. The first kappa shape index (κ1) is 21.6. The molecule has 1 amide bonds. The van der Waals surface area contributed by atoms with Crippen molar-refractivity contribution < 1.29 is 19.1 Å². The molecule has 148 valence electrons. The number of aryl methyl sites for hydroxylation is 2. The molecule has 0 aliphatic carbocycles. The van der Waals surface area contributed by atoms with Crippen LogP contribution in [0.4, 0.5) is 5.69 Å². The van der Waals surface area contributed by atoms with Crippen LogP contribution in [0.3, 0.4) is 0 Å². The van der Waals surface area contributed by atoms with Gasteiger partial charge < -0.3 is 10.1 Å². The van der Waals surface area contributed by atoms with Gasteiger partial charge in [0, 0.05) is 29.1 Å². The number of rotatable bonds is 8. The predicted octanol–water partition coefficient (Wildman–Crippen LogP) is 3.13. The van der Waals surface area contributed by atoms with Crippen molar-refractivity contribution in [1.29, 1.82) is 0 Å². The van der Waals surface area contributed by atoms with Crippen molar-refractivity contribution >= 4 is 35.1 Å². The van der Waals surface area contributed by atoms with Crippen molar-refractivity contribution in [3.63, 3.8) is 0 Å². The highest BCUT2D eigenvalue weighted by molar-refractivity contribution is 7.98. The minimum absolute atomic E-state index is 0.0502. The maximum Gasteiger partial charge on any atom is 0.306 e. The van der Waals surface area contributed by atoms with E-state index in [2.05, 4.69) is 15.3 Å². The highest BCUT2D eigenvalue weighted by Gasteiger charge is 2.13. The van der Waals surface area contributed by atoms with Gasteiger partial charge in [-0.25, -0.2) is 9.97 Å². The van der Waals surface area contributed by atoms with Crippen LogP contribution < -0.4 is 5.32 Å². The Bertz CT molecular complexity index is 859. The first-order valence-electron chi connectivity index (χ1n) is 8.74. The third kappa shape index (κ3) is 6.16. The van der Waals surface area contributed by atoms with Crippen LogP contribution in [-0.4, -0.2) is 40.5 Å². The number of ketones is 1. The Labute approximate surface area is 168 Å². The third-order valence-electron chi connectivity index (χ3n) is 4.10. The molecule has 1 aromatic carbocycles. The van der Waals surface area contributed by atoms with Crippen molar-refractivity contribution in [2.75, 3.05) is 18.2 Å². The second kappa shape index (κ2) is 9.98. The number of benzene rings is 1. The first-order valence-corrected chi connectivity index (χ1v) is 9.97. The van der Waals surface area contributed by atoms with Gasteiger partial charge in [0.05, 0.1) is 0 Å². The molecule has 0 bridgehead atoms. The van der Waals surface area contributed by atoms with E-state index in [-0.39, 0.29) is 18.8 Å². The third-order valence-corrected chi connectivity index (χ3v) is 4.65. The lowest BCUT2D eigenvalue weighted by Crippen LogP contribution is -2.21. The van der Waals surface area contributed by atoms with Gasteiger partial charge in [0.25, 0.3) is 5.91 Å². The molecule has 7 nitrogen and oxygen atoms in total. The van der Waals surface area contributed by atoms with Gasteiger partial charge in [-0.15, -0.1) is 0 Å². The molecule has 0 aliphatic heterocycles. The molecular weight excluding hydrogens is 378 g/mol. The zero-order valence-corrected chi connectivity index (χ0v) is 17.2. The van der Waals surface area contributed by atoms with Crippen molar-refractivity contribution in [2.24, 2.45) is 0 Å². The average molecular weight is 401 g/mol. The SMILES string of the molecule is CSc1nc(C)c(CCC(=O)OCC(=O)Nc2ccc(C(C)=O)cc2)c(C)n1. The molecule has 28 heavy (non-hydrogen) atoms. The average Bonchev–Trinajstić information content (AvgIpc) is 2.66. The molecule has 0 fully saturated rings. The second-order valence-electron chi connectivity index (χ2n) is 6.20. The van der Waals surface area contributed by atoms with E-state index in [1.807, 2.05) is 20.1 Å². The number of hydrogen-bond acceptors (Lipinski definition) is 7. The van der Waals surface area contributed by atoms with E-state index in [4.69, 9.17) is 4.74 Å². The first-order chi connectivity index (χ1) is 13.3. The van der Waals surface area contributed by atoms with E-state index in [9.17, 15) is 14.4 Å². The summed E-state index contributed by atoms with van der Waals surface area (Å²) in [5.41, 5.74) is 3.70. The van der Waals surface area contributed by atoms with Crippen LogP contribution >= 0.6 is 11.8 Å². The van der Waals surface area contributed by atoms with Crippen molar-refractivity contribution in [2.45, 2.75) is 38.8 Å². The van der Waals surface area contributed by atoms with Crippen LogP contribution in [0.5, 0.6) is 0 Å². The fourth-order valence-electron chi connectivity index (χ4n) is 2.59. The van der Waals surface area contributed by atoms with E-state index in [1.54, 1.807) is 24.3 Å². The number of thioether (sulfide) groups is 1. The summed E-state index contributed by atoms with van der Waals surface area (Å²) in [5, 5.41) is 3.32. The minimum Gasteiger partial charge on any atom is -0.456 e. The summed E-state index contributed by atoms with van der Waals surface area (Å²) >= 11 is 1.47. The van der Waals surface area contributed by atoms with Gasteiger partial charge in [0.1, 0.15) is 0 Å². The topological polar surface area (TPSA) is 98.2 Å². The summed E-state index contributed by atoms with van der Waals surface area (Å²) in [4.78, 5) is 43.9. The number of carbonyl (C=O) groups excluding carboxylic acids is 3. The lowest BCUT2D eigenvalue weighted by Gasteiger charge is -2.10. The van der Waals surface area contributed by atoms with Crippen LogP contribution in [0.2, 0.25) is 0 Å². The minimum atomic E-state index is -0.463. The van der Waals surface area contributed by atoms with Crippen molar-refractivity contribution in [3.8, 4) is 0 Å². The number of esters is 1. The van der Waals surface area contributed by atoms with E-state index >= 15 is 0 Å². The van der Waals surface area contributed by atoms with Gasteiger partial charge in [0.2, 0.25) is 0 Å². The number of ether oxygens (including phenoxy) is 1. The maximum absolute atomic E-state index is 12.0. The molecule has 8 heteroatoms. The van der Waals surface area contributed by atoms with E-state index in [1.165, 1.54) is 18.7 Å². The fourth-order valence-corrected chi connectivity index (χ4v) is 3.05. The Balaban J connectivity index is 1.80.